The first-order valence-corrected chi connectivity index (χ1v) is 7.48. The van der Waals surface area contributed by atoms with Gasteiger partial charge < -0.3 is 5.11 Å². The molecule has 1 saturated heterocycles. The zero-order valence-corrected chi connectivity index (χ0v) is 12.6. The molecule has 0 atom stereocenters. The summed E-state index contributed by atoms with van der Waals surface area (Å²) in [4.78, 5) is 18.9. The summed E-state index contributed by atoms with van der Waals surface area (Å²) in [6.07, 6.45) is 3.72. The normalized spacial score (nSPS) is 16.5. The topological polar surface area (TPSA) is 58.4 Å². The standard InChI is InChI=1S/C16H21N3O2/c1-11-17-14-13(16(21)18(11)2)7-6-12(15(14)20)10-19-8-4-3-5-9-19/h6-7,20H,3-5,8-10H2,1-2H3. The van der Waals surface area contributed by atoms with E-state index in [2.05, 4.69) is 9.88 Å². The molecule has 1 aliphatic rings. The molecule has 0 unspecified atom stereocenters. The molecule has 1 fully saturated rings. The molecular formula is C16H21N3O2. The van der Waals surface area contributed by atoms with Gasteiger partial charge in [-0.25, -0.2) is 4.98 Å². The molecule has 1 aliphatic heterocycles. The molecule has 2 heterocycles. The number of aromatic nitrogens is 2. The number of likely N-dealkylation sites (tertiary alicyclic amines) is 1. The van der Waals surface area contributed by atoms with Crippen molar-refractivity contribution in [3.63, 3.8) is 0 Å². The minimum Gasteiger partial charge on any atom is -0.505 e. The van der Waals surface area contributed by atoms with Crippen LogP contribution in [0.25, 0.3) is 10.9 Å². The van der Waals surface area contributed by atoms with E-state index in [-0.39, 0.29) is 11.3 Å². The number of hydrogen-bond acceptors (Lipinski definition) is 4. The SMILES string of the molecule is Cc1nc2c(O)c(CN3CCCCC3)ccc2c(=O)n1C. The van der Waals surface area contributed by atoms with E-state index < -0.39 is 0 Å². The maximum Gasteiger partial charge on any atom is 0.261 e. The Kier molecular flexibility index (Phi) is 3.68. The summed E-state index contributed by atoms with van der Waals surface area (Å²) in [5.74, 6) is 0.761. The Morgan fingerprint density at radius 2 is 1.95 bits per heavy atom. The summed E-state index contributed by atoms with van der Waals surface area (Å²) in [7, 11) is 1.70. The minimum absolute atomic E-state index is 0.114. The van der Waals surface area contributed by atoms with E-state index in [9.17, 15) is 9.90 Å². The molecule has 1 N–H and O–H groups in total. The first-order chi connectivity index (χ1) is 10.1. The predicted molar refractivity (Wildman–Crippen MR) is 82.5 cm³/mol. The first kappa shape index (κ1) is 14.1. The monoisotopic (exact) mass is 287 g/mol. The van der Waals surface area contributed by atoms with E-state index in [1.54, 1.807) is 20.0 Å². The van der Waals surface area contributed by atoms with Crippen LogP contribution in [-0.2, 0) is 13.6 Å². The lowest BCUT2D eigenvalue weighted by Crippen LogP contribution is -2.29. The Balaban J connectivity index is 2.03. The molecule has 3 rings (SSSR count). The summed E-state index contributed by atoms with van der Waals surface area (Å²) in [6.45, 7) is 4.64. The van der Waals surface area contributed by atoms with Gasteiger partial charge in [0.05, 0.1) is 5.39 Å². The van der Waals surface area contributed by atoms with Gasteiger partial charge in [0.15, 0.2) is 0 Å². The molecule has 5 heteroatoms. The third-order valence-corrected chi connectivity index (χ3v) is 4.37. The van der Waals surface area contributed by atoms with Crippen LogP contribution in [-0.4, -0.2) is 32.6 Å². The molecule has 0 spiro atoms. The number of phenols is 1. The number of aromatic hydroxyl groups is 1. The Bertz CT molecular complexity index is 730. The lowest BCUT2D eigenvalue weighted by Gasteiger charge is -2.26. The van der Waals surface area contributed by atoms with Gasteiger partial charge in [0, 0.05) is 19.2 Å². The van der Waals surface area contributed by atoms with Gasteiger partial charge in [-0.1, -0.05) is 12.5 Å². The maximum absolute atomic E-state index is 12.2. The van der Waals surface area contributed by atoms with E-state index in [0.29, 0.717) is 16.7 Å². The molecule has 0 radical (unpaired) electrons. The van der Waals surface area contributed by atoms with Gasteiger partial charge in [0.2, 0.25) is 0 Å². The van der Waals surface area contributed by atoms with Gasteiger partial charge in [0.1, 0.15) is 17.1 Å². The smallest absolute Gasteiger partial charge is 0.261 e. The second-order valence-electron chi connectivity index (χ2n) is 5.83. The van der Waals surface area contributed by atoms with Crippen LogP contribution in [0.2, 0.25) is 0 Å². The number of piperidine rings is 1. The zero-order chi connectivity index (χ0) is 15.0. The van der Waals surface area contributed by atoms with Crippen molar-refractivity contribution >= 4 is 10.9 Å². The maximum atomic E-state index is 12.2. The number of hydrogen-bond donors (Lipinski definition) is 1. The van der Waals surface area contributed by atoms with Crippen molar-refractivity contribution < 1.29 is 5.11 Å². The Hall–Kier alpha value is -1.88. The van der Waals surface area contributed by atoms with Crippen molar-refractivity contribution in [1.82, 2.24) is 14.5 Å². The number of aryl methyl sites for hydroxylation is 1. The third kappa shape index (κ3) is 2.53. The lowest BCUT2D eigenvalue weighted by atomic mass is 10.1. The highest BCUT2D eigenvalue weighted by Gasteiger charge is 2.16. The summed E-state index contributed by atoms with van der Waals surface area (Å²) >= 11 is 0. The Morgan fingerprint density at radius 3 is 2.67 bits per heavy atom. The molecule has 21 heavy (non-hydrogen) atoms. The number of phenolic OH excluding ortho intramolecular Hbond substituents is 1. The van der Waals surface area contributed by atoms with Crippen molar-refractivity contribution in [2.45, 2.75) is 32.7 Å². The number of nitrogens with zero attached hydrogens (tertiary/aromatic N) is 3. The van der Waals surface area contributed by atoms with Crippen LogP contribution < -0.4 is 5.56 Å². The molecule has 2 aromatic rings. The van der Waals surface area contributed by atoms with Crippen LogP contribution in [0.3, 0.4) is 0 Å². The van der Waals surface area contributed by atoms with Gasteiger partial charge in [-0.3, -0.25) is 14.3 Å². The number of benzene rings is 1. The molecule has 0 saturated carbocycles. The molecular weight excluding hydrogens is 266 g/mol. The minimum atomic E-state index is -0.114. The molecule has 1 aromatic heterocycles. The fourth-order valence-electron chi connectivity index (χ4n) is 2.96. The van der Waals surface area contributed by atoms with Crippen LogP contribution in [0.1, 0.15) is 30.7 Å². The fourth-order valence-corrected chi connectivity index (χ4v) is 2.96. The second kappa shape index (κ2) is 5.48. The summed E-state index contributed by atoms with van der Waals surface area (Å²) in [5, 5.41) is 11.0. The Morgan fingerprint density at radius 1 is 1.24 bits per heavy atom. The lowest BCUT2D eigenvalue weighted by molar-refractivity contribution is 0.218. The quantitative estimate of drug-likeness (QED) is 0.917. The average molecular weight is 287 g/mol. The predicted octanol–water partition coefficient (Wildman–Crippen LogP) is 1.93. The van der Waals surface area contributed by atoms with E-state index in [1.807, 2.05) is 6.07 Å². The molecule has 0 amide bonds. The number of rotatable bonds is 2. The van der Waals surface area contributed by atoms with Crippen LogP contribution in [0.4, 0.5) is 0 Å². The highest BCUT2D eigenvalue weighted by molar-refractivity contribution is 5.84. The Labute approximate surface area is 123 Å². The largest absolute Gasteiger partial charge is 0.505 e. The summed E-state index contributed by atoms with van der Waals surface area (Å²) < 4.78 is 1.51. The van der Waals surface area contributed by atoms with Crippen LogP contribution in [0, 0.1) is 6.92 Å². The summed E-state index contributed by atoms with van der Waals surface area (Å²) in [6, 6.07) is 3.63. The zero-order valence-electron chi connectivity index (χ0n) is 12.6. The van der Waals surface area contributed by atoms with Crippen LogP contribution >= 0.6 is 0 Å². The molecule has 112 valence electrons. The van der Waals surface area contributed by atoms with Gasteiger partial charge in [-0.2, -0.15) is 0 Å². The molecule has 0 bridgehead atoms. The highest BCUT2D eigenvalue weighted by atomic mass is 16.3. The van der Waals surface area contributed by atoms with Gasteiger partial charge >= 0.3 is 0 Å². The molecule has 1 aromatic carbocycles. The van der Waals surface area contributed by atoms with Crippen LogP contribution in [0.5, 0.6) is 5.75 Å². The number of fused-ring (bicyclic) bond motifs is 1. The third-order valence-electron chi connectivity index (χ3n) is 4.37. The van der Waals surface area contributed by atoms with Crippen molar-refractivity contribution in [3.8, 4) is 5.75 Å². The second-order valence-corrected chi connectivity index (χ2v) is 5.83. The van der Waals surface area contributed by atoms with Gasteiger partial charge in [0.25, 0.3) is 5.56 Å². The first-order valence-electron chi connectivity index (χ1n) is 7.48. The average Bonchev–Trinajstić information content (AvgIpc) is 2.49. The van der Waals surface area contributed by atoms with Crippen molar-refractivity contribution in [3.05, 3.63) is 33.9 Å². The highest BCUT2D eigenvalue weighted by Crippen LogP contribution is 2.27. The van der Waals surface area contributed by atoms with Crippen LogP contribution in [0.15, 0.2) is 16.9 Å². The van der Waals surface area contributed by atoms with E-state index >= 15 is 0 Å². The van der Waals surface area contributed by atoms with Gasteiger partial charge in [-0.05, 0) is 38.9 Å². The van der Waals surface area contributed by atoms with Crippen molar-refractivity contribution in [1.29, 1.82) is 0 Å². The van der Waals surface area contributed by atoms with Crippen molar-refractivity contribution in [2.24, 2.45) is 7.05 Å². The molecule has 0 aliphatic carbocycles. The van der Waals surface area contributed by atoms with E-state index in [0.717, 1.165) is 25.2 Å². The fraction of sp³-hybridized carbons (Fsp3) is 0.500. The molecule has 5 nitrogen and oxygen atoms in total. The van der Waals surface area contributed by atoms with Crippen molar-refractivity contribution in [2.75, 3.05) is 13.1 Å². The van der Waals surface area contributed by atoms with E-state index in [1.165, 1.54) is 23.8 Å². The summed E-state index contributed by atoms with van der Waals surface area (Å²) in [5.41, 5.74) is 1.16. The van der Waals surface area contributed by atoms with E-state index in [4.69, 9.17) is 0 Å². The van der Waals surface area contributed by atoms with Gasteiger partial charge in [-0.15, -0.1) is 0 Å².